The monoisotopic (exact) mass is 261 g/mol. The second-order valence-electron chi connectivity index (χ2n) is 3.56. The standard InChI is InChI=1S/C10H15NO5S/c1-10(9(13)14,8-5-17-6-11-8)16-4-7(3-12)15-2/h5-7,12H,3-4H2,1-2H3,(H,13,14)/t7-,10?/m0/s1. The summed E-state index contributed by atoms with van der Waals surface area (Å²) in [6.07, 6.45) is -0.549. The highest BCUT2D eigenvalue weighted by atomic mass is 32.1. The molecular formula is C10H15NO5S. The largest absolute Gasteiger partial charge is 0.479 e. The van der Waals surface area contributed by atoms with Gasteiger partial charge < -0.3 is 19.7 Å². The maximum atomic E-state index is 11.2. The highest BCUT2D eigenvalue weighted by Gasteiger charge is 2.39. The van der Waals surface area contributed by atoms with Gasteiger partial charge in [-0.15, -0.1) is 11.3 Å². The minimum atomic E-state index is -1.52. The first kappa shape index (κ1) is 14.0. The van der Waals surface area contributed by atoms with Gasteiger partial charge in [-0.1, -0.05) is 0 Å². The molecule has 2 atom stereocenters. The van der Waals surface area contributed by atoms with E-state index in [1.54, 1.807) is 10.9 Å². The number of nitrogens with zero attached hydrogens (tertiary/aromatic N) is 1. The Hall–Kier alpha value is -1.02. The average Bonchev–Trinajstić information content (AvgIpc) is 2.83. The van der Waals surface area contributed by atoms with Crippen molar-refractivity contribution >= 4 is 17.3 Å². The van der Waals surface area contributed by atoms with Crippen molar-refractivity contribution in [1.29, 1.82) is 0 Å². The number of aromatic nitrogens is 1. The average molecular weight is 261 g/mol. The Kier molecular flexibility index (Phi) is 5.01. The van der Waals surface area contributed by atoms with Gasteiger partial charge in [0.1, 0.15) is 6.10 Å². The Morgan fingerprint density at radius 1 is 1.71 bits per heavy atom. The molecule has 96 valence electrons. The lowest BCUT2D eigenvalue weighted by atomic mass is 10.0. The molecule has 17 heavy (non-hydrogen) atoms. The highest BCUT2D eigenvalue weighted by molar-refractivity contribution is 7.07. The first-order valence-corrected chi connectivity index (χ1v) is 5.88. The lowest BCUT2D eigenvalue weighted by Crippen LogP contribution is -2.39. The summed E-state index contributed by atoms with van der Waals surface area (Å²) in [5.74, 6) is -1.13. The summed E-state index contributed by atoms with van der Waals surface area (Å²) in [4.78, 5) is 15.2. The van der Waals surface area contributed by atoms with Gasteiger partial charge >= 0.3 is 5.97 Å². The van der Waals surface area contributed by atoms with Gasteiger partial charge in [-0.2, -0.15) is 0 Å². The minimum Gasteiger partial charge on any atom is -0.479 e. The first-order chi connectivity index (χ1) is 8.04. The molecule has 1 aromatic heterocycles. The smallest absolute Gasteiger partial charge is 0.342 e. The number of carboxylic acids is 1. The zero-order valence-electron chi connectivity index (χ0n) is 9.62. The summed E-state index contributed by atoms with van der Waals surface area (Å²) < 4.78 is 10.2. The zero-order valence-corrected chi connectivity index (χ0v) is 10.4. The van der Waals surface area contributed by atoms with Crippen molar-refractivity contribution in [3.05, 3.63) is 16.6 Å². The molecule has 7 heteroatoms. The Bertz CT molecular complexity index is 352. The number of thiazole rings is 1. The van der Waals surface area contributed by atoms with Crippen LogP contribution < -0.4 is 0 Å². The second-order valence-corrected chi connectivity index (χ2v) is 4.28. The fourth-order valence-electron chi connectivity index (χ4n) is 1.15. The minimum absolute atomic E-state index is 0.0205. The van der Waals surface area contributed by atoms with Crippen LogP contribution in [0.1, 0.15) is 12.6 Å². The summed E-state index contributed by atoms with van der Waals surface area (Å²) in [5, 5.41) is 19.7. The van der Waals surface area contributed by atoms with Crippen molar-refractivity contribution in [2.24, 2.45) is 0 Å². The molecule has 0 bridgehead atoms. The van der Waals surface area contributed by atoms with E-state index in [0.717, 1.165) is 0 Å². The third-order valence-corrected chi connectivity index (χ3v) is 3.01. The van der Waals surface area contributed by atoms with E-state index in [4.69, 9.17) is 14.6 Å². The van der Waals surface area contributed by atoms with Crippen LogP contribution in [0.3, 0.4) is 0 Å². The third kappa shape index (κ3) is 3.22. The molecule has 6 nitrogen and oxygen atoms in total. The lowest BCUT2D eigenvalue weighted by molar-refractivity contribution is -0.171. The maximum Gasteiger partial charge on any atom is 0.342 e. The molecular weight excluding hydrogens is 246 g/mol. The van der Waals surface area contributed by atoms with E-state index in [1.807, 2.05) is 0 Å². The summed E-state index contributed by atoms with van der Waals surface area (Å²) in [6, 6.07) is 0. The first-order valence-electron chi connectivity index (χ1n) is 4.94. The van der Waals surface area contributed by atoms with Crippen LogP contribution in [0.2, 0.25) is 0 Å². The highest BCUT2D eigenvalue weighted by Crippen LogP contribution is 2.25. The van der Waals surface area contributed by atoms with Crippen LogP contribution in [-0.2, 0) is 19.9 Å². The second kappa shape index (κ2) is 6.06. The van der Waals surface area contributed by atoms with E-state index in [9.17, 15) is 9.90 Å². The van der Waals surface area contributed by atoms with Crippen LogP contribution >= 0.6 is 11.3 Å². The van der Waals surface area contributed by atoms with E-state index in [1.165, 1.54) is 25.4 Å². The van der Waals surface area contributed by atoms with Crippen LogP contribution in [0.5, 0.6) is 0 Å². The molecule has 0 amide bonds. The summed E-state index contributed by atoms with van der Waals surface area (Å²) in [7, 11) is 1.42. The van der Waals surface area contributed by atoms with Gasteiger partial charge in [0, 0.05) is 12.5 Å². The SMILES string of the molecule is CO[C@@H](CO)COC(C)(C(=O)O)c1cscn1. The van der Waals surface area contributed by atoms with Crippen LogP contribution in [0, 0.1) is 0 Å². The van der Waals surface area contributed by atoms with Crippen molar-refractivity contribution < 1.29 is 24.5 Å². The van der Waals surface area contributed by atoms with Crippen molar-refractivity contribution in [2.75, 3.05) is 20.3 Å². The van der Waals surface area contributed by atoms with Gasteiger partial charge in [0.15, 0.2) is 0 Å². The van der Waals surface area contributed by atoms with E-state index >= 15 is 0 Å². The van der Waals surface area contributed by atoms with E-state index in [2.05, 4.69) is 4.98 Å². The number of carbonyl (C=O) groups is 1. The van der Waals surface area contributed by atoms with Gasteiger partial charge in [-0.3, -0.25) is 0 Å². The number of aliphatic hydroxyl groups excluding tert-OH is 1. The number of aliphatic carboxylic acids is 1. The number of aliphatic hydroxyl groups is 1. The Labute approximate surface area is 103 Å². The number of rotatable bonds is 7. The van der Waals surface area contributed by atoms with Crippen LogP contribution in [0.25, 0.3) is 0 Å². The molecule has 0 aliphatic heterocycles. The van der Waals surface area contributed by atoms with Gasteiger partial charge in [-0.25, -0.2) is 9.78 Å². The molecule has 0 radical (unpaired) electrons. The fraction of sp³-hybridized carbons (Fsp3) is 0.600. The van der Waals surface area contributed by atoms with Crippen molar-refractivity contribution in [3.63, 3.8) is 0 Å². The quantitative estimate of drug-likeness (QED) is 0.741. The van der Waals surface area contributed by atoms with Crippen molar-refractivity contribution in [1.82, 2.24) is 4.98 Å². The van der Waals surface area contributed by atoms with Crippen LogP contribution in [0.4, 0.5) is 0 Å². The lowest BCUT2D eigenvalue weighted by Gasteiger charge is -2.25. The van der Waals surface area contributed by atoms with Gasteiger partial charge in [0.25, 0.3) is 0 Å². The predicted octanol–water partition coefficient (Wildman–Crippen LogP) is 0.467. The molecule has 0 aliphatic rings. The zero-order chi connectivity index (χ0) is 12.9. The molecule has 1 rings (SSSR count). The molecule has 1 aromatic rings. The molecule has 0 spiro atoms. The number of hydrogen-bond acceptors (Lipinski definition) is 6. The van der Waals surface area contributed by atoms with Gasteiger partial charge in [-0.05, 0) is 6.92 Å². The molecule has 0 saturated heterocycles. The predicted molar refractivity (Wildman–Crippen MR) is 60.9 cm³/mol. The van der Waals surface area contributed by atoms with Crippen LogP contribution in [0.15, 0.2) is 10.9 Å². The topological polar surface area (TPSA) is 88.9 Å². The van der Waals surface area contributed by atoms with E-state index < -0.39 is 17.7 Å². The molecule has 0 aliphatic carbocycles. The number of hydrogen-bond donors (Lipinski definition) is 2. The Morgan fingerprint density at radius 3 is 2.82 bits per heavy atom. The summed E-state index contributed by atoms with van der Waals surface area (Å²) in [5.41, 5.74) is 0.355. The summed E-state index contributed by atoms with van der Waals surface area (Å²) in [6.45, 7) is 1.17. The third-order valence-electron chi connectivity index (χ3n) is 2.42. The number of ether oxygens (including phenoxy) is 2. The molecule has 0 saturated carbocycles. The molecule has 0 fully saturated rings. The molecule has 1 heterocycles. The van der Waals surface area contributed by atoms with Crippen molar-refractivity contribution in [3.8, 4) is 0 Å². The van der Waals surface area contributed by atoms with E-state index in [0.29, 0.717) is 5.69 Å². The molecule has 0 aromatic carbocycles. The normalized spacial score (nSPS) is 16.4. The number of carboxylic acid groups (broad SMARTS) is 1. The van der Waals surface area contributed by atoms with Gasteiger partial charge in [0.05, 0.1) is 24.4 Å². The summed E-state index contributed by atoms with van der Waals surface area (Å²) >= 11 is 1.29. The van der Waals surface area contributed by atoms with Crippen LogP contribution in [-0.4, -0.2) is 47.6 Å². The van der Waals surface area contributed by atoms with Gasteiger partial charge in [0.2, 0.25) is 5.60 Å². The fourth-order valence-corrected chi connectivity index (χ4v) is 1.80. The van der Waals surface area contributed by atoms with Crippen molar-refractivity contribution in [2.45, 2.75) is 18.6 Å². The van der Waals surface area contributed by atoms with E-state index in [-0.39, 0.29) is 13.2 Å². The Balaban J connectivity index is 2.77. The number of methoxy groups -OCH3 is 1. The molecule has 2 N–H and O–H groups in total. The Morgan fingerprint density at radius 2 is 2.41 bits per heavy atom. The molecule has 1 unspecified atom stereocenters. The maximum absolute atomic E-state index is 11.2.